The fourth-order valence-corrected chi connectivity index (χ4v) is 7.21. The first-order valence-corrected chi connectivity index (χ1v) is 13.5. The van der Waals surface area contributed by atoms with Gasteiger partial charge >= 0.3 is 0 Å². The minimum Gasteiger partial charge on any atom is -0.368 e. The third kappa shape index (κ3) is 4.42. The summed E-state index contributed by atoms with van der Waals surface area (Å²) in [4.78, 5) is 42.8. The number of aryl methyl sites for hydroxylation is 1. The summed E-state index contributed by atoms with van der Waals surface area (Å²) in [7, 11) is 0. The van der Waals surface area contributed by atoms with Gasteiger partial charge in [0, 0.05) is 23.4 Å². The van der Waals surface area contributed by atoms with Crippen molar-refractivity contribution in [2.24, 2.45) is 17.1 Å². The number of carbonyl (C=O) groups excluding carboxylic acids is 3. The van der Waals surface area contributed by atoms with Crippen molar-refractivity contribution in [3.05, 3.63) is 68.9 Å². The molecule has 6 nitrogen and oxygen atoms in total. The molecule has 1 aliphatic heterocycles. The van der Waals surface area contributed by atoms with E-state index in [1.165, 1.54) is 11.1 Å². The van der Waals surface area contributed by atoms with E-state index in [-0.39, 0.29) is 23.1 Å². The second kappa shape index (κ2) is 9.61. The van der Waals surface area contributed by atoms with Gasteiger partial charge in [-0.3, -0.25) is 14.4 Å². The van der Waals surface area contributed by atoms with Gasteiger partial charge in [-0.2, -0.15) is 0 Å². The van der Waals surface area contributed by atoms with Crippen LogP contribution < -0.4 is 11.1 Å². The Balaban J connectivity index is 1.31. The lowest BCUT2D eigenvalue weighted by molar-refractivity contribution is -0.132. The number of hydrogen-bond donors (Lipinski definition) is 2. The minimum atomic E-state index is -0.827. The third-order valence-electron chi connectivity index (χ3n) is 8.03. The van der Waals surface area contributed by atoms with Crippen LogP contribution in [0.15, 0.2) is 53.6 Å². The number of hydrogen-bond acceptors (Lipinski definition) is 4. The van der Waals surface area contributed by atoms with Crippen molar-refractivity contribution in [2.75, 3.05) is 13.1 Å². The van der Waals surface area contributed by atoms with Crippen molar-refractivity contribution in [2.45, 2.75) is 57.9 Å². The van der Waals surface area contributed by atoms with E-state index in [0.717, 1.165) is 61.2 Å². The fourth-order valence-electron chi connectivity index (χ4n) is 6.38. The Morgan fingerprint density at radius 2 is 1.80 bits per heavy atom. The van der Waals surface area contributed by atoms with E-state index in [4.69, 9.17) is 5.73 Å². The Morgan fingerprint density at radius 3 is 2.51 bits per heavy atom. The highest BCUT2D eigenvalue weighted by molar-refractivity contribution is 7.13. The summed E-state index contributed by atoms with van der Waals surface area (Å²) in [5.41, 5.74) is 9.04. The molecule has 7 heteroatoms. The average molecular weight is 492 g/mol. The lowest BCUT2D eigenvalue weighted by atomic mass is 9.70. The smallest absolute Gasteiger partial charge is 0.263 e. The molecule has 2 aliphatic carbocycles. The van der Waals surface area contributed by atoms with Crippen LogP contribution >= 0.6 is 11.3 Å². The van der Waals surface area contributed by atoms with E-state index >= 15 is 0 Å². The van der Waals surface area contributed by atoms with Gasteiger partial charge in [0.1, 0.15) is 6.04 Å². The number of primary amides is 1. The number of allylic oxidation sites excluding steroid dienone is 1. The Hall–Kier alpha value is -2.93. The molecule has 3 aliphatic rings. The summed E-state index contributed by atoms with van der Waals surface area (Å²) < 4.78 is 0. The Labute approximate surface area is 210 Å². The summed E-state index contributed by atoms with van der Waals surface area (Å²) in [5.74, 6) is -0.679. The van der Waals surface area contributed by atoms with Crippen LogP contribution in [0.25, 0.3) is 0 Å². The van der Waals surface area contributed by atoms with Gasteiger partial charge in [-0.15, -0.1) is 11.3 Å². The van der Waals surface area contributed by atoms with Crippen molar-refractivity contribution in [1.29, 1.82) is 0 Å². The number of carbonyl (C=O) groups is 3. The van der Waals surface area contributed by atoms with Gasteiger partial charge in [-0.1, -0.05) is 54.3 Å². The fraction of sp³-hybridized carbons (Fsp3) is 0.464. The highest BCUT2D eigenvalue weighted by Gasteiger charge is 2.59. The van der Waals surface area contributed by atoms with Gasteiger partial charge in [-0.25, -0.2) is 0 Å². The zero-order valence-corrected chi connectivity index (χ0v) is 21.0. The highest BCUT2D eigenvalue weighted by Crippen LogP contribution is 2.67. The number of benzene rings is 1. The molecule has 35 heavy (non-hydrogen) atoms. The van der Waals surface area contributed by atoms with Crippen LogP contribution in [0.4, 0.5) is 0 Å². The predicted octanol–water partition coefficient (Wildman–Crippen LogP) is 4.51. The van der Waals surface area contributed by atoms with E-state index in [9.17, 15) is 14.4 Å². The predicted molar refractivity (Wildman–Crippen MR) is 137 cm³/mol. The van der Waals surface area contributed by atoms with Crippen LogP contribution in [-0.4, -0.2) is 35.7 Å². The molecule has 2 aromatic rings. The zero-order chi connectivity index (χ0) is 24.6. The molecule has 1 spiro atoms. The highest BCUT2D eigenvalue weighted by atomic mass is 32.1. The Kier molecular flexibility index (Phi) is 6.53. The van der Waals surface area contributed by atoms with Crippen LogP contribution in [0.5, 0.6) is 0 Å². The minimum absolute atomic E-state index is 0.0777. The van der Waals surface area contributed by atoms with E-state index in [1.807, 2.05) is 54.3 Å². The first-order valence-electron chi connectivity index (χ1n) is 12.6. The second-order valence-electron chi connectivity index (χ2n) is 10.0. The topological polar surface area (TPSA) is 92.5 Å². The van der Waals surface area contributed by atoms with Crippen molar-refractivity contribution < 1.29 is 14.4 Å². The van der Waals surface area contributed by atoms with Gasteiger partial charge < -0.3 is 16.0 Å². The van der Waals surface area contributed by atoms with Crippen LogP contribution in [0.1, 0.15) is 71.1 Å². The molecule has 3 atom stereocenters. The van der Waals surface area contributed by atoms with Gasteiger partial charge in [0.25, 0.3) is 5.91 Å². The summed E-state index contributed by atoms with van der Waals surface area (Å²) in [5, 5.41) is 2.99. The Bertz CT molecular complexity index is 1170. The van der Waals surface area contributed by atoms with Crippen LogP contribution in [0, 0.1) is 18.3 Å². The average Bonchev–Trinajstić information content (AvgIpc) is 3.17. The maximum Gasteiger partial charge on any atom is 0.263 e. The zero-order valence-electron chi connectivity index (χ0n) is 20.2. The monoisotopic (exact) mass is 491 g/mol. The molecule has 1 aromatic heterocycles. The van der Waals surface area contributed by atoms with Crippen molar-refractivity contribution in [3.8, 4) is 0 Å². The summed E-state index contributed by atoms with van der Waals surface area (Å²) >= 11 is 1.55. The lowest BCUT2D eigenvalue weighted by Crippen LogP contribution is -2.44. The van der Waals surface area contributed by atoms with Crippen LogP contribution in [0.3, 0.4) is 0 Å². The third-order valence-corrected chi connectivity index (χ3v) is 9.02. The number of rotatable bonds is 5. The molecule has 184 valence electrons. The molecule has 1 saturated carbocycles. The summed E-state index contributed by atoms with van der Waals surface area (Å²) in [6.45, 7) is 3.46. The molecule has 0 saturated heterocycles. The van der Waals surface area contributed by atoms with Crippen molar-refractivity contribution in [1.82, 2.24) is 10.2 Å². The second-order valence-corrected chi connectivity index (χ2v) is 11.3. The number of thiophene rings is 1. The van der Waals surface area contributed by atoms with E-state index in [0.29, 0.717) is 12.1 Å². The van der Waals surface area contributed by atoms with Crippen LogP contribution in [0.2, 0.25) is 0 Å². The molecule has 1 unspecified atom stereocenters. The van der Waals surface area contributed by atoms with E-state index < -0.39 is 11.9 Å². The molecular formula is C28H33N3O3S. The van der Waals surface area contributed by atoms with Gasteiger partial charge in [0.15, 0.2) is 0 Å². The number of nitrogens with two attached hydrogens (primary N) is 1. The summed E-state index contributed by atoms with van der Waals surface area (Å²) in [6.07, 6.45) is 6.59. The largest absolute Gasteiger partial charge is 0.368 e. The molecule has 3 N–H and O–H groups in total. The van der Waals surface area contributed by atoms with Crippen LogP contribution in [-0.2, 0) is 9.59 Å². The molecule has 1 aromatic carbocycles. The maximum absolute atomic E-state index is 13.6. The van der Waals surface area contributed by atoms with Gasteiger partial charge in [-0.05, 0) is 56.7 Å². The lowest BCUT2D eigenvalue weighted by Gasteiger charge is -2.35. The quantitative estimate of drug-likeness (QED) is 0.603. The Morgan fingerprint density at radius 1 is 1.03 bits per heavy atom. The molecule has 3 amide bonds. The molecule has 2 heterocycles. The molecule has 1 fully saturated rings. The normalized spacial score (nSPS) is 24.8. The van der Waals surface area contributed by atoms with Gasteiger partial charge in [0.05, 0.1) is 10.8 Å². The number of fused-ring (bicyclic) bond motifs is 2. The first-order chi connectivity index (χ1) is 16.9. The number of nitrogens with zero attached hydrogens (tertiary/aromatic N) is 1. The van der Waals surface area contributed by atoms with Crippen molar-refractivity contribution >= 4 is 29.1 Å². The molecule has 0 bridgehead atoms. The maximum atomic E-state index is 13.6. The van der Waals surface area contributed by atoms with E-state index in [1.54, 1.807) is 11.3 Å². The number of nitrogens with one attached hydrogen (secondary N) is 1. The molecule has 0 radical (unpaired) electrons. The van der Waals surface area contributed by atoms with Crippen molar-refractivity contribution in [3.63, 3.8) is 0 Å². The van der Waals surface area contributed by atoms with Gasteiger partial charge in [0.2, 0.25) is 11.8 Å². The molecular weight excluding hydrogens is 458 g/mol. The standard InChI is InChI=1S/C28H33N3O3S/c1-18-12-13-23(35-18)27(34)31-16-7-11-20-21(14-17-31)28(20)15-6-5-10-22(28)26(33)30-24(25(29)32)19-8-3-2-4-9-19/h2-4,8-9,12-13,22,24H,5-7,10-11,14-17H2,1H3,(H2,29,32)(H,30,33)/t22-,24-,28?/m0/s1. The first kappa shape index (κ1) is 23.8. The SMILES string of the molecule is Cc1ccc(C(=O)N2CCCC3=C(CC2)C32CCCC[C@H]2C(=O)N[C@H](C(N)=O)c2ccccc2)s1. The van der Waals surface area contributed by atoms with E-state index in [2.05, 4.69) is 5.32 Å². The molecule has 5 rings (SSSR count). The number of amides is 3. The summed E-state index contributed by atoms with van der Waals surface area (Å²) in [6, 6.07) is 12.3.